The number of anilines is 1. The van der Waals surface area contributed by atoms with E-state index in [0.29, 0.717) is 25.5 Å². The van der Waals surface area contributed by atoms with Gasteiger partial charge in [-0.25, -0.2) is 4.79 Å². The normalized spacial score (nSPS) is 22.8. The number of carbonyl (C=O) groups excluding carboxylic acids is 1. The molecular formula is C28H26N2O4. The number of fused-ring (bicyclic) bond motifs is 1. The maximum Gasteiger partial charge on any atom is 0.319 e. The zero-order chi connectivity index (χ0) is 23.2. The van der Waals surface area contributed by atoms with Crippen LogP contribution in [0.2, 0.25) is 0 Å². The van der Waals surface area contributed by atoms with E-state index in [1.807, 2.05) is 84.9 Å². The minimum absolute atomic E-state index is 0.0107. The highest BCUT2D eigenvalue weighted by molar-refractivity contribution is 5.89. The molecule has 0 aliphatic carbocycles. The lowest BCUT2D eigenvalue weighted by atomic mass is 10.0. The van der Waals surface area contributed by atoms with E-state index >= 15 is 0 Å². The Morgan fingerprint density at radius 3 is 2.35 bits per heavy atom. The van der Waals surface area contributed by atoms with Crippen molar-refractivity contribution in [2.75, 3.05) is 18.5 Å². The van der Waals surface area contributed by atoms with Gasteiger partial charge in [0.2, 0.25) is 0 Å². The molecule has 6 nitrogen and oxygen atoms in total. The van der Waals surface area contributed by atoms with Crippen molar-refractivity contribution < 1.29 is 19.0 Å². The number of nitrogens with one attached hydrogen (secondary N) is 2. The summed E-state index contributed by atoms with van der Waals surface area (Å²) in [6, 6.07) is 26.6. The molecule has 0 radical (unpaired) electrons. The zero-order valence-electron chi connectivity index (χ0n) is 18.6. The van der Waals surface area contributed by atoms with Crippen molar-refractivity contribution in [2.24, 2.45) is 5.92 Å². The maximum absolute atomic E-state index is 12.6. The SMILES string of the molecule is O=C(Nc1ccc(OCc2ccccc2)cc1)N[C@H]1COC2C1OC[C@H]2C#Cc1ccccc1. The first-order chi connectivity index (χ1) is 16.7. The molecule has 0 saturated carbocycles. The average molecular weight is 455 g/mol. The van der Waals surface area contributed by atoms with Crippen LogP contribution in [0.15, 0.2) is 84.9 Å². The molecule has 2 saturated heterocycles. The van der Waals surface area contributed by atoms with Crippen molar-refractivity contribution in [3.63, 3.8) is 0 Å². The Balaban J connectivity index is 1.10. The lowest BCUT2D eigenvalue weighted by Gasteiger charge is -2.18. The van der Waals surface area contributed by atoms with Crippen molar-refractivity contribution in [1.82, 2.24) is 5.32 Å². The summed E-state index contributed by atoms with van der Waals surface area (Å²) in [5.41, 5.74) is 2.75. The van der Waals surface area contributed by atoms with Gasteiger partial charge in [-0.2, -0.15) is 0 Å². The van der Waals surface area contributed by atoms with Crippen molar-refractivity contribution in [3.05, 3.63) is 96.1 Å². The number of benzene rings is 3. The van der Waals surface area contributed by atoms with E-state index in [-0.39, 0.29) is 30.2 Å². The van der Waals surface area contributed by atoms with Gasteiger partial charge in [0.15, 0.2) is 0 Å². The molecule has 0 aromatic heterocycles. The van der Waals surface area contributed by atoms with E-state index in [2.05, 4.69) is 22.5 Å². The number of ether oxygens (including phenoxy) is 3. The maximum atomic E-state index is 12.6. The van der Waals surface area contributed by atoms with Gasteiger partial charge < -0.3 is 24.8 Å². The van der Waals surface area contributed by atoms with Crippen LogP contribution in [0.5, 0.6) is 5.75 Å². The smallest absolute Gasteiger partial charge is 0.319 e. The zero-order valence-corrected chi connectivity index (χ0v) is 18.6. The molecule has 6 heteroatoms. The van der Waals surface area contributed by atoms with Crippen molar-refractivity contribution in [2.45, 2.75) is 24.9 Å². The lowest BCUT2D eigenvalue weighted by molar-refractivity contribution is 0.0666. The first-order valence-electron chi connectivity index (χ1n) is 11.4. The second kappa shape index (κ2) is 10.4. The summed E-state index contributed by atoms with van der Waals surface area (Å²) in [5.74, 6) is 7.19. The second-order valence-corrected chi connectivity index (χ2v) is 8.34. The molecule has 2 heterocycles. The quantitative estimate of drug-likeness (QED) is 0.567. The monoisotopic (exact) mass is 454 g/mol. The van der Waals surface area contributed by atoms with Gasteiger partial charge >= 0.3 is 6.03 Å². The molecule has 2 N–H and O–H groups in total. The molecule has 3 aromatic carbocycles. The Morgan fingerprint density at radius 2 is 1.59 bits per heavy atom. The minimum Gasteiger partial charge on any atom is -0.489 e. The molecule has 2 amide bonds. The van der Waals surface area contributed by atoms with Crippen LogP contribution in [0.25, 0.3) is 0 Å². The van der Waals surface area contributed by atoms with Crippen LogP contribution in [0.4, 0.5) is 10.5 Å². The van der Waals surface area contributed by atoms with Gasteiger partial charge in [-0.15, -0.1) is 0 Å². The van der Waals surface area contributed by atoms with Gasteiger partial charge in [-0.1, -0.05) is 60.4 Å². The molecule has 2 aliphatic rings. The Hall–Kier alpha value is -3.79. The average Bonchev–Trinajstić information content (AvgIpc) is 3.46. The largest absolute Gasteiger partial charge is 0.489 e. The summed E-state index contributed by atoms with van der Waals surface area (Å²) in [7, 11) is 0. The van der Waals surface area contributed by atoms with Gasteiger partial charge in [0, 0.05) is 11.3 Å². The van der Waals surface area contributed by atoms with Crippen LogP contribution in [-0.4, -0.2) is 37.5 Å². The van der Waals surface area contributed by atoms with Crippen molar-refractivity contribution in [3.8, 4) is 17.6 Å². The Labute approximate surface area is 199 Å². The summed E-state index contributed by atoms with van der Waals surface area (Å²) in [5, 5.41) is 5.84. The Morgan fingerprint density at radius 1 is 0.882 bits per heavy atom. The van der Waals surface area contributed by atoms with Gasteiger partial charge in [0.05, 0.1) is 25.2 Å². The van der Waals surface area contributed by atoms with E-state index in [1.165, 1.54) is 0 Å². The molecule has 3 aromatic rings. The topological polar surface area (TPSA) is 68.8 Å². The van der Waals surface area contributed by atoms with Crippen LogP contribution in [0.3, 0.4) is 0 Å². The molecule has 2 fully saturated rings. The fraction of sp³-hybridized carbons (Fsp3) is 0.250. The van der Waals surface area contributed by atoms with E-state index in [9.17, 15) is 4.79 Å². The summed E-state index contributed by atoms with van der Waals surface area (Å²) in [4.78, 5) is 12.6. The highest BCUT2D eigenvalue weighted by Gasteiger charge is 2.47. The van der Waals surface area contributed by atoms with Crippen molar-refractivity contribution in [1.29, 1.82) is 0 Å². The Bertz CT molecular complexity index is 1160. The first-order valence-corrected chi connectivity index (χ1v) is 11.4. The van der Waals surface area contributed by atoms with Crippen LogP contribution < -0.4 is 15.4 Å². The first kappa shape index (κ1) is 22.0. The van der Waals surface area contributed by atoms with E-state index in [4.69, 9.17) is 14.2 Å². The third kappa shape index (κ3) is 5.40. The number of hydrogen-bond donors (Lipinski definition) is 2. The molecule has 4 atom stereocenters. The summed E-state index contributed by atoms with van der Waals surface area (Å²) < 4.78 is 17.7. The van der Waals surface area contributed by atoms with Gasteiger partial charge in [-0.3, -0.25) is 0 Å². The molecule has 2 aliphatic heterocycles. The lowest BCUT2D eigenvalue weighted by Crippen LogP contribution is -2.45. The second-order valence-electron chi connectivity index (χ2n) is 8.34. The summed E-state index contributed by atoms with van der Waals surface area (Å²) >= 11 is 0. The molecule has 2 unspecified atom stereocenters. The third-order valence-electron chi connectivity index (χ3n) is 5.91. The molecule has 0 bridgehead atoms. The van der Waals surface area contributed by atoms with Crippen LogP contribution in [-0.2, 0) is 16.1 Å². The predicted octanol–water partition coefficient (Wildman–Crippen LogP) is 4.22. The van der Waals surface area contributed by atoms with Crippen LogP contribution in [0.1, 0.15) is 11.1 Å². The highest BCUT2D eigenvalue weighted by atomic mass is 16.6. The van der Waals surface area contributed by atoms with Gasteiger partial charge in [0.25, 0.3) is 0 Å². The number of hydrogen-bond acceptors (Lipinski definition) is 4. The standard InChI is InChI=1S/C28H26N2O4/c31-28(29-23-13-15-24(16-14-23)32-17-21-9-5-2-6-10-21)30-25-19-34-26-22(18-33-27(25)26)12-11-20-7-3-1-4-8-20/h1-10,13-16,22,25-27H,17-19H2,(H2,29,30,31)/t22-,25+,26?,27?/m1/s1. The van der Waals surface area contributed by atoms with Crippen LogP contribution >= 0.6 is 0 Å². The molecule has 34 heavy (non-hydrogen) atoms. The highest BCUT2D eigenvalue weighted by Crippen LogP contribution is 2.31. The van der Waals surface area contributed by atoms with Gasteiger partial charge in [-0.05, 0) is 42.0 Å². The molecule has 172 valence electrons. The van der Waals surface area contributed by atoms with E-state index in [1.54, 1.807) is 0 Å². The summed E-state index contributed by atoms with van der Waals surface area (Å²) in [6.07, 6.45) is -0.336. The number of rotatable bonds is 5. The third-order valence-corrected chi connectivity index (χ3v) is 5.91. The molecule has 0 spiro atoms. The minimum atomic E-state index is -0.297. The van der Waals surface area contributed by atoms with E-state index < -0.39 is 0 Å². The van der Waals surface area contributed by atoms with Crippen LogP contribution in [0, 0.1) is 17.8 Å². The fourth-order valence-electron chi connectivity index (χ4n) is 4.16. The predicted molar refractivity (Wildman–Crippen MR) is 129 cm³/mol. The number of carbonyl (C=O) groups is 1. The number of urea groups is 1. The Kier molecular flexibility index (Phi) is 6.76. The van der Waals surface area contributed by atoms with Gasteiger partial charge in [0.1, 0.15) is 24.6 Å². The summed E-state index contributed by atoms with van der Waals surface area (Å²) in [6.45, 7) is 1.40. The number of amides is 2. The van der Waals surface area contributed by atoms with Crippen molar-refractivity contribution >= 4 is 11.7 Å². The van der Waals surface area contributed by atoms with E-state index in [0.717, 1.165) is 16.9 Å². The fourth-order valence-corrected chi connectivity index (χ4v) is 4.16. The molecular weight excluding hydrogens is 428 g/mol. The molecule has 5 rings (SSSR count).